The highest BCUT2D eigenvalue weighted by atomic mass is 16.6. The van der Waals surface area contributed by atoms with Gasteiger partial charge in [0.1, 0.15) is 18.1 Å². The molecule has 3 N–H and O–H groups in total. The highest BCUT2D eigenvalue weighted by Gasteiger charge is 2.21. The molecule has 0 saturated heterocycles. The van der Waals surface area contributed by atoms with E-state index >= 15 is 0 Å². The lowest BCUT2D eigenvalue weighted by molar-refractivity contribution is -0.138. The van der Waals surface area contributed by atoms with Gasteiger partial charge in [0.25, 0.3) is 0 Å². The molecule has 1 unspecified atom stereocenters. The minimum atomic E-state index is -1.22. The summed E-state index contributed by atoms with van der Waals surface area (Å²) in [5, 5.41) is 14.1. The van der Waals surface area contributed by atoms with Gasteiger partial charge in [-0.3, -0.25) is 0 Å². The number of hydrogen-bond acceptors (Lipinski definition) is 7. The molecule has 2 rings (SSSR count). The average Bonchev–Trinajstić information content (AvgIpc) is 2.85. The van der Waals surface area contributed by atoms with E-state index < -0.39 is 30.2 Å². The van der Waals surface area contributed by atoms with E-state index in [-0.39, 0.29) is 35.8 Å². The summed E-state index contributed by atoms with van der Waals surface area (Å²) < 4.78 is 15.8. The average molecular weight is 497 g/mol. The first-order chi connectivity index (χ1) is 17.1. The maximum atomic E-state index is 12.5. The van der Waals surface area contributed by atoms with Gasteiger partial charge in [0.2, 0.25) is 0 Å². The fourth-order valence-electron chi connectivity index (χ4n) is 2.97. The van der Waals surface area contributed by atoms with Crippen LogP contribution < -0.4 is 20.1 Å². The standard InChI is InChI=1S/C26H28N2O8/c1-5-20(17(4)23(29)30)28-26(33)36-22-13-9-7-11-19(22)18-10-6-8-12-21(18)35-25(32)27-14-15-34-24(31)16(2)3/h6-13,20H,2,4-5,14-15H2,1,3H3,(H,27,32)(H,28,33)(H,29,30). The Morgan fingerprint density at radius 2 is 1.44 bits per heavy atom. The second-order valence-corrected chi connectivity index (χ2v) is 7.55. The monoisotopic (exact) mass is 496 g/mol. The molecule has 0 fully saturated rings. The molecule has 0 aliphatic carbocycles. The third kappa shape index (κ3) is 8.01. The lowest BCUT2D eigenvalue weighted by Crippen LogP contribution is -2.39. The fourth-order valence-corrected chi connectivity index (χ4v) is 2.97. The Morgan fingerprint density at radius 3 is 1.94 bits per heavy atom. The van der Waals surface area contributed by atoms with Crippen molar-refractivity contribution in [3.05, 3.63) is 72.8 Å². The summed E-state index contributed by atoms with van der Waals surface area (Å²) in [5.74, 6) is -1.43. The van der Waals surface area contributed by atoms with Crippen molar-refractivity contribution in [3.8, 4) is 22.6 Å². The van der Waals surface area contributed by atoms with Crippen molar-refractivity contribution in [2.24, 2.45) is 0 Å². The molecule has 2 aromatic carbocycles. The van der Waals surface area contributed by atoms with Crippen LogP contribution in [0.15, 0.2) is 72.8 Å². The number of carbonyl (C=O) groups excluding carboxylic acids is 3. The Bertz CT molecular complexity index is 1160. The van der Waals surface area contributed by atoms with Crippen LogP contribution in [0.5, 0.6) is 11.5 Å². The number of esters is 1. The van der Waals surface area contributed by atoms with Crippen LogP contribution in [-0.4, -0.2) is 48.4 Å². The number of carboxylic acids is 1. The SMILES string of the molecule is C=C(C)C(=O)OCCNC(=O)Oc1ccccc1-c1ccccc1OC(=O)NC(CC)C(=C)C(=O)O. The first-order valence-electron chi connectivity index (χ1n) is 11.0. The van der Waals surface area contributed by atoms with Gasteiger partial charge in [-0.15, -0.1) is 0 Å². The van der Waals surface area contributed by atoms with Crippen molar-refractivity contribution < 1.29 is 38.5 Å². The molecular weight excluding hydrogens is 468 g/mol. The number of benzene rings is 2. The zero-order valence-electron chi connectivity index (χ0n) is 20.0. The molecule has 2 aromatic rings. The highest BCUT2D eigenvalue weighted by molar-refractivity contribution is 5.89. The van der Waals surface area contributed by atoms with E-state index in [1.807, 2.05) is 0 Å². The summed E-state index contributed by atoms with van der Waals surface area (Å²) in [5.41, 5.74) is 1.00. The molecule has 190 valence electrons. The number of aliphatic carboxylic acids is 1. The van der Waals surface area contributed by atoms with Gasteiger partial charge in [-0.1, -0.05) is 56.5 Å². The molecule has 0 radical (unpaired) electrons. The Kier molecular flexibility index (Phi) is 10.2. The molecule has 10 nitrogen and oxygen atoms in total. The van der Waals surface area contributed by atoms with Gasteiger partial charge in [-0.05, 0) is 25.5 Å². The van der Waals surface area contributed by atoms with Crippen LogP contribution in [0.3, 0.4) is 0 Å². The minimum Gasteiger partial charge on any atom is -0.478 e. The molecule has 2 amide bonds. The molecule has 10 heteroatoms. The molecule has 0 heterocycles. The van der Waals surface area contributed by atoms with Gasteiger partial charge >= 0.3 is 24.1 Å². The van der Waals surface area contributed by atoms with Crippen LogP contribution >= 0.6 is 0 Å². The van der Waals surface area contributed by atoms with E-state index in [1.54, 1.807) is 55.5 Å². The van der Waals surface area contributed by atoms with Crippen LogP contribution in [0.1, 0.15) is 20.3 Å². The normalized spacial score (nSPS) is 10.9. The zero-order valence-corrected chi connectivity index (χ0v) is 20.0. The molecular formula is C26H28N2O8. The number of para-hydroxylation sites is 2. The minimum absolute atomic E-state index is 0.0279. The maximum absolute atomic E-state index is 12.5. The van der Waals surface area contributed by atoms with Gasteiger partial charge in [0.15, 0.2) is 0 Å². The Balaban J connectivity index is 2.12. The van der Waals surface area contributed by atoms with Crippen LogP contribution in [0, 0.1) is 0 Å². The third-order valence-electron chi connectivity index (χ3n) is 4.82. The van der Waals surface area contributed by atoms with Crippen molar-refractivity contribution in [1.82, 2.24) is 10.6 Å². The third-order valence-corrected chi connectivity index (χ3v) is 4.82. The van der Waals surface area contributed by atoms with E-state index in [0.717, 1.165) is 0 Å². The van der Waals surface area contributed by atoms with Crippen molar-refractivity contribution >= 4 is 24.1 Å². The van der Waals surface area contributed by atoms with E-state index in [9.17, 15) is 19.2 Å². The molecule has 0 saturated carbocycles. The van der Waals surface area contributed by atoms with Crippen molar-refractivity contribution in [3.63, 3.8) is 0 Å². The quantitative estimate of drug-likeness (QED) is 0.240. The van der Waals surface area contributed by atoms with E-state index in [4.69, 9.17) is 19.3 Å². The van der Waals surface area contributed by atoms with Crippen LogP contribution in [0.2, 0.25) is 0 Å². The van der Waals surface area contributed by atoms with E-state index in [1.165, 1.54) is 6.92 Å². The highest BCUT2D eigenvalue weighted by Crippen LogP contribution is 2.36. The smallest absolute Gasteiger partial charge is 0.413 e. The number of carboxylic acid groups (broad SMARTS) is 1. The molecule has 1 atom stereocenters. The molecule has 0 aromatic heterocycles. The summed E-state index contributed by atoms with van der Waals surface area (Å²) >= 11 is 0. The van der Waals surface area contributed by atoms with Gasteiger partial charge in [0, 0.05) is 16.7 Å². The fraction of sp³-hybridized carbons (Fsp3) is 0.231. The number of carbonyl (C=O) groups is 4. The van der Waals surface area contributed by atoms with Crippen molar-refractivity contribution in [1.29, 1.82) is 0 Å². The Labute approximate surface area is 208 Å². The Morgan fingerprint density at radius 1 is 0.917 bits per heavy atom. The van der Waals surface area contributed by atoms with Crippen molar-refractivity contribution in [2.75, 3.05) is 13.2 Å². The van der Waals surface area contributed by atoms with Crippen LogP contribution in [0.4, 0.5) is 9.59 Å². The van der Waals surface area contributed by atoms with Crippen LogP contribution in [-0.2, 0) is 14.3 Å². The predicted octanol–water partition coefficient (Wildman–Crippen LogP) is 4.07. The summed E-state index contributed by atoms with van der Waals surface area (Å²) in [6.07, 6.45) is -1.33. The molecule has 0 aliphatic heterocycles. The van der Waals surface area contributed by atoms with Gasteiger partial charge in [0.05, 0.1) is 18.2 Å². The number of hydrogen-bond donors (Lipinski definition) is 3. The second kappa shape index (κ2) is 13.3. The largest absolute Gasteiger partial charge is 0.478 e. The molecule has 36 heavy (non-hydrogen) atoms. The number of amides is 2. The Hall–Kier alpha value is -4.60. The maximum Gasteiger partial charge on any atom is 0.413 e. The summed E-state index contributed by atoms with van der Waals surface area (Å²) in [7, 11) is 0. The molecule has 0 spiro atoms. The first-order valence-corrected chi connectivity index (χ1v) is 11.0. The first kappa shape index (κ1) is 27.6. The predicted molar refractivity (Wildman–Crippen MR) is 132 cm³/mol. The number of nitrogens with one attached hydrogen (secondary N) is 2. The van der Waals surface area contributed by atoms with Gasteiger partial charge in [-0.25, -0.2) is 19.2 Å². The van der Waals surface area contributed by atoms with Gasteiger partial charge in [-0.2, -0.15) is 0 Å². The van der Waals surface area contributed by atoms with E-state index in [2.05, 4.69) is 23.8 Å². The summed E-state index contributed by atoms with van der Waals surface area (Å²) in [4.78, 5) is 47.3. The molecule has 0 bridgehead atoms. The zero-order chi connectivity index (χ0) is 26.7. The second-order valence-electron chi connectivity index (χ2n) is 7.55. The van der Waals surface area contributed by atoms with E-state index in [0.29, 0.717) is 17.5 Å². The van der Waals surface area contributed by atoms with Crippen molar-refractivity contribution in [2.45, 2.75) is 26.3 Å². The summed E-state index contributed by atoms with van der Waals surface area (Å²) in [6.45, 7) is 10.1. The lowest BCUT2D eigenvalue weighted by atomic mass is 10.0. The van der Waals surface area contributed by atoms with Gasteiger partial charge < -0.3 is 30.0 Å². The topological polar surface area (TPSA) is 140 Å². The number of rotatable bonds is 11. The van der Waals surface area contributed by atoms with Crippen LogP contribution in [0.25, 0.3) is 11.1 Å². The molecule has 0 aliphatic rings. The number of ether oxygens (including phenoxy) is 3. The lowest BCUT2D eigenvalue weighted by Gasteiger charge is -2.18. The summed E-state index contributed by atoms with van der Waals surface area (Å²) in [6, 6.07) is 12.4.